The smallest absolute Gasteiger partial charge is 0.293 e. The molecule has 1 amide bonds. The number of H-pyrrole nitrogens is 1. The van der Waals surface area contributed by atoms with E-state index in [0.29, 0.717) is 70.5 Å². The summed E-state index contributed by atoms with van der Waals surface area (Å²) in [5.74, 6) is 1.78. The second-order valence-corrected chi connectivity index (χ2v) is 27.4. The Balaban J connectivity index is 0.741. The molecule has 4 N–H and O–H groups in total. The number of aromatic nitrogens is 3. The molecule has 5 aliphatic heterocycles. The summed E-state index contributed by atoms with van der Waals surface area (Å²) in [7, 11) is -2.90. The second-order valence-electron chi connectivity index (χ2n) is 25.7. The number of aryl methyl sites for hydroxylation is 1. The minimum atomic E-state index is -4.63. The van der Waals surface area contributed by atoms with Crippen LogP contribution in [0.2, 0.25) is 0 Å². The number of carbonyl (C=O) groups excluding carboxylic acids is 1. The minimum absolute atomic E-state index is 0.0101. The third-order valence-corrected chi connectivity index (χ3v) is 21.4. The number of piperazine rings is 1. The molecular weight excluding hydrogens is 1120 g/mol. The number of hydrogen-bond donors (Lipinski definition) is 4. The molecule has 2 saturated carbocycles. The second kappa shape index (κ2) is 24.5. The summed E-state index contributed by atoms with van der Waals surface area (Å²) in [6.45, 7) is 15.1. The van der Waals surface area contributed by atoms with Crippen LogP contribution < -0.4 is 34.4 Å². The standard InChI is InChI=1S/C65H82N12O9S/c1-44-7-4-5-8-52(44)58-42-71(41-46-33-59(84-3)62(68-40-46)73-28-31-85-32-29-73)26-27-74(58)50-37-65(38-50)19-24-72(25-20-65)48-9-11-53(55(35-48)76-23-16-49-43-86-30-6-22-75(49)61-57(76)34-47-15-21-66-60(47)69-61)63(78)70-87(82,83)51-10-12-54(56(36-51)77(80)81)67-39-45-13-17-64(2,79)18-14-45/h4-5,7-12,15,21,33-36,40,45,49-50,58,67,79H,6,13-14,16-20,22-32,37-39,41-43H2,1-3H3,(H,66,69)(H,70,78)/t45-,49-,58-,64-/m0/s1. The van der Waals surface area contributed by atoms with Crippen LogP contribution in [-0.2, 0) is 26.0 Å². The summed E-state index contributed by atoms with van der Waals surface area (Å²) in [6, 6.07) is 25.2. The minimum Gasteiger partial charge on any atom is -0.493 e. The van der Waals surface area contributed by atoms with Gasteiger partial charge in [0.2, 0.25) is 0 Å². The number of fused-ring (bicyclic) bond motifs is 4. The van der Waals surface area contributed by atoms with Crippen LogP contribution in [-0.4, -0.2) is 166 Å². The van der Waals surface area contributed by atoms with Crippen molar-refractivity contribution in [2.75, 3.05) is 124 Å². The first kappa shape index (κ1) is 58.9. The normalized spacial score (nSPS) is 24.0. The van der Waals surface area contributed by atoms with Gasteiger partial charge in [-0.05, 0) is 155 Å². The van der Waals surface area contributed by atoms with E-state index in [9.17, 15) is 28.4 Å². The van der Waals surface area contributed by atoms with Gasteiger partial charge in [-0.25, -0.2) is 23.1 Å². The molecule has 7 aliphatic rings. The topological polar surface area (TPSA) is 227 Å². The number of piperidine rings is 1. The van der Waals surface area contributed by atoms with Crippen LogP contribution in [0.3, 0.4) is 0 Å². The van der Waals surface area contributed by atoms with Crippen LogP contribution in [0.25, 0.3) is 11.0 Å². The molecule has 0 radical (unpaired) electrons. The molecule has 13 rings (SSSR count). The summed E-state index contributed by atoms with van der Waals surface area (Å²) in [5.41, 5.74) is 6.26. The molecule has 462 valence electrons. The first-order valence-corrected chi connectivity index (χ1v) is 32.8. The Kier molecular flexibility index (Phi) is 16.6. The van der Waals surface area contributed by atoms with Crippen molar-refractivity contribution in [2.45, 2.75) is 113 Å². The Bertz CT molecular complexity index is 3610. The maximum absolute atomic E-state index is 14.9. The largest absolute Gasteiger partial charge is 0.493 e. The molecule has 1 spiro atoms. The number of pyridine rings is 2. The summed E-state index contributed by atoms with van der Waals surface area (Å²) in [5, 5.41) is 27.0. The van der Waals surface area contributed by atoms with Crippen molar-refractivity contribution in [1.29, 1.82) is 0 Å². The molecule has 3 aromatic carbocycles. The first-order chi connectivity index (χ1) is 42.1. The van der Waals surface area contributed by atoms with E-state index < -0.39 is 37.0 Å². The number of morpholine rings is 1. The van der Waals surface area contributed by atoms with Gasteiger partial charge in [0.05, 0.1) is 65.3 Å². The fourth-order valence-electron chi connectivity index (χ4n) is 15.0. The number of nitro groups is 1. The number of carbonyl (C=O) groups is 1. The predicted molar refractivity (Wildman–Crippen MR) is 336 cm³/mol. The van der Waals surface area contributed by atoms with Crippen LogP contribution in [0.5, 0.6) is 5.75 Å². The predicted octanol–water partition coefficient (Wildman–Crippen LogP) is 8.94. The third kappa shape index (κ3) is 12.3. The zero-order valence-corrected chi connectivity index (χ0v) is 51.1. The number of rotatable bonds is 15. The van der Waals surface area contributed by atoms with Crippen molar-refractivity contribution < 1.29 is 37.5 Å². The number of benzene rings is 3. The van der Waals surface area contributed by atoms with Crippen molar-refractivity contribution in [3.05, 3.63) is 124 Å². The Hall–Kier alpha value is -7.08. The Labute approximate surface area is 509 Å². The average Bonchev–Trinajstić information content (AvgIpc) is 1.64. The van der Waals surface area contributed by atoms with Gasteiger partial charge in [0, 0.05) is 120 Å². The van der Waals surface area contributed by atoms with Crippen LogP contribution in [0.1, 0.15) is 104 Å². The first-order valence-electron chi connectivity index (χ1n) is 31.3. The highest BCUT2D eigenvalue weighted by Gasteiger charge is 2.50. The molecule has 8 heterocycles. The summed E-state index contributed by atoms with van der Waals surface area (Å²) >= 11 is 0. The van der Waals surface area contributed by atoms with Gasteiger partial charge < -0.3 is 49.2 Å². The molecule has 4 saturated heterocycles. The van der Waals surface area contributed by atoms with E-state index in [4.69, 9.17) is 24.2 Å². The van der Waals surface area contributed by atoms with Gasteiger partial charge in [-0.15, -0.1) is 0 Å². The summed E-state index contributed by atoms with van der Waals surface area (Å²) in [6.07, 6.45) is 12.5. The number of nitrogens with zero attached hydrogens (tertiary/aromatic N) is 9. The van der Waals surface area contributed by atoms with Crippen LogP contribution in [0.15, 0.2) is 96.2 Å². The van der Waals surface area contributed by atoms with Gasteiger partial charge in [0.1, 0.15) is 11.3 Å². The van der Waals surface area contributed by atoms with Crippen molar-refractivity contribution in [3.63, 3.8) is 0 Å². The molecule has 2 atom stereocenters. The quantitative estimate of drug-likeness (QED) is 0.0556. The van der Waals surface area contributed by atoms with Gasteiger partial charge >= 0.3 is 0 Å². The monoisotopic (exact) mass is 1210 g/mol. The molecule has 0 unspecified atom stereocenters. The number of hydrogen-bond acceptors (Lipinski definition) is 18. The fraction of sp³-hybridized carbons (Fsp3) is 0.523. The molecule has 2 aliphatic carbocycles. The molecule has 0 bridgehead atoms. The Morgan fingerprint density at radius 3 is 2.45 bits per heavy atom. The number of sulfonamides is 1. The number of nitrogens with one attached hydrogen (secondary N) is 3. The van der Waals surface area contributed by atoms with E-state index in [1.165, 1.54) is 23.3 Å². The molecule has 6 fully saturated rings. The lowest BCUT2D eigenvalue weighted by molar-refractivity contribution is -0.384. The van der Waals surface area contributed by atoms with E-state index in [-0.39, 0.29) is 34.7 Å². The average molecular weight is 1210 g/mol. The SMILES string of the molecule is COc1cc(CN2CCN(C3CC4(CCN(c5ccc(C(=O)NS(=O)(=O)c6ccc(NC[C@H]7CC[C@](C)(O)CC7)c([N+](=O)[O-])c6)c(N6CC[C@H]7COCCCN7c7nc8[nH]ccc8cc76)c5)CC4)C3)[C@H](c3ccccc3C)C2)cnc1N1CCOCC1. The van der Waals surface area contributed by atoms with E-state index in [0.717, 1.165) is 155 Å². The number of amides is 1. The molecule has 87 heavy (non-hydrogen) atoms. The van der Waals surface area contributed by atoms with Gasteiger partial charge in [0.25, 0.3) is 21.6 Å². The highest BCUT2D eigenvalue weighted by Crippen LogP contribution is 2.54. The van der Waals surface area contributed by atoms with Crippen LogP contribution in [0, 0.1) is 28.4 Å². The van der Waals surface area contributed by atoms with E-state index in [1.807, 2.05) is 37.5 Å². The number of nitro benzene ring substituents is 1. The lowest BCUT2D eigenvalue weighted by atomic mass is 9.59. The lowest BCUT2D eigenvalue weighted by Gasteiger charge is -2.58. The number of aliphatic hydroxyl groups is 1. The number of ether oxygens (including phenoxy) is 3. The van der Waals surface area contributed by atoms with Gasteiger partial charge in [0.15, 0.2) is 17.4 Å². The summed E-state index contributed by atoms with van der Waals surface area (Å²) < 4.78 is 48.7. The molecular formula is C65H82N12O9S. The van der Waals surface area contributed by atoms with Crippen LogP contribution >= 0.6 is 0 Å². The fourth-order valence-corrected chi connectivity index (χ4v) is 15.9. The van der Waals surface area contributed by atoms with E-state index in [2.05, 4.69) is 87.7 Å². The van der Waals surface area contributed by atoms with Crippen molar-refractivity contribution >= 4 is 67.0 Å². The highest BCUT2D eigenvalue weighted by atomic mass is 32.2. The zero-order valence-electron chi connectivity index (χ0n) is 50.3. The summed E-state index contributed by atoms with van der Waals surface area (Å²) in [4.78, 5) is 54.3. The Morgan fingerprint density at radius 1 is 0.862 bits per heavy atom. The van der Waals surface area contributed by atoms with Gasteiger partial charge in [-0.1, -0.05) is 24.3 Å². The molecule has 22 heteroatoms. The molecule has 21 nitrogen and oxygen atoms in total. The molecule has 6 aromatic rings. The zero-order chi connectivity index (χ0) is 60.0. The van der Waals surface area contributed by atoms with Crippen molar-refractivity contribution in [2.24, 2.45) is 11.3 Å². The lowest BCUT2D eigenvalue weighted by Crippen LogP contribution is -2.59. The molecule has 3 aromatic heterocycles. The van der Waals surface area contributed by atoms with E-state index >= 15 is 0 Å². The Morgan fingerprint density at radius 2 is 1.67 bits per heavy atom. The van der Waals surface area contributed by atoms with Crippen molar-refractivity contribution in [1.82, 2.24) is 29.5 Å². The van der Waals surface area contributed by atoms with Gasteiger partial charge in [-0.3, -0.25) is 24.7 Å². The van der Waals surface area contributed by atoms with E-state index in [1.54, 1.807) is 13.2 Å². The highest BCUT2D eigenvalue weighted by molar-refractivity contribution is 7.90. The number of aromatic amines is 1. The van der Waals surface area contributed by atoms with Crippen molar-refractivity contribution in [3.8, 4) is 5.75 Å². The van der Waals surface area contributed by atoms with Crippen LogP contribution in [0.4, 0.5) is 40.1 Å². The number of methoxy groups -OCH3 is 1. The van der Waals surface area contributed by atoms with Gasteiger partial charge in [-0.2, -0.15) is 0 Å². The third-order valence-electron chi connectivity index (χ3n) is 20.0. The maximum Gasteiger partial charge on any atom is 0.293 e. The maximum atomic E-state index is 14.9. The number of anilines is 6.